The van der Waals surface area contributed by atoms with Crippen LogP contribution in [0.25, 0.3) is 0 Å². The van der Waals surface area contributed by atoms with E-state index in [4.69, 9.17) is 18.5 Å². The Morgan fingerprint density at radius 2 is 0.714 bits per heavy atom. The molecule has 0 fully saturated rings. The Balaban J connectivity index is 3.75. The van der Waals surface area contributed by atoms with E-state index in [2.05, 4.69) is 13.8 Å². The van der Waals surface area contributed by atoms with Crippen LogP contribution in [-0.4, -0.2) is 70.0 Å². The van der Waals surface area contributed by atoms with Crippen LogP contribution in [0.1, 0.15) is 277 Å². The lowest BCUT2D eigenvalue weighted by Crippen LogP contribution is -2.37. The fourth-order valence-corrected chi connectivity index (χ4v) is 8.86. The first-order valence-electron chi connectivity index (χ1n) is 27.2. The standard InChI is InChI=1S/C53H106NO8P/c1-6-8-10-12-13-14-15-16-17-18-19-20-21-22-23-24-25-26-27-28-29-30-31-32-33-34-35-36-37-38-39-40-42-44-46-53(56)62-51(49-59-52(55)45-43-41-11-9-7-2)50-61-63(57,58)60-48-47-54(3,4)5/h51H,6-50H2,1-5H3. The highest BCUT2D eigenvalue weighted by Crippen LogP contribution is 2.38. The molecule has 0 aromatic carbocycles. The van der Waals surface area contributed by atoms with Gasteiger partial charge in [0.25, 0.3) is 7.82 Å². The van der Waals surface area contributed by atoms with Crippen molar-refractivity contribution in [3.8, 4) is 0 Å². The van der Waals surface area contributed by atoms with E-state index in [9.17, 15) is 19.0 Å². The fraction of sp³-hybridized carbons (Fsp3) is 0.962. The molecule has 9 nitrogen and oxygen atoms in total. The second-order valence-corrected chi connectivity index (χ2v) is 21.4. The Morgan fingerprint density at radius 1 is 0.429 bits per heavy atom. The Bertz CT molecular complexity index is 1040. The average molecular weight is 916 g/mol. The first-order valence-corrected chi connectivity index (χ1v) is 28.7. The van der Waals surface area contributed by atoms with Gasteiger partial charge in [0, 0.05) is 12.8 Å². The molecule has 2 atom stereocenters. The molecule has 376 valence electrons. The van der Waals surface area contributed by atoms with Crippen LogP contribution in [0.4, 0.5) is 0 Å². The number of likely N-dealkylation sites (N-methyl/N-ethyl adjacent to an activating group) is 1. The maximum atomic E-state index is 12.7. The Hall–Kier alpha value is -0.990. The number of phosphoric acid groups is 1. The number of quaternary nitrogens is 1. The van der Waals surface area contributed by atoms with Gasteiger partial charge in [-0.15, -0.1) is 0 Å². The maximum absolute atomic E-state index is 12.7. The first kappa shape index (κ1) is 62.0. The van der Waals surface area contributed by atoms with Gasteiger partial charge >= 0.3 is 11.9 Å². The summed E-state index contributed by atoms with van der Waals surface area (Å²) in [5.74, 6) is -0.833. The van der Waals surface area contributed by atoms with Gasteiger partial charge in [-0.3, -0.25) is 14.2 Å². The second-order valence-electron chi connectivity index (χ2n) is 20.0. The van der Waals surface area contributed by atoms with Gasteiger partial charge in [0.15, 0.2) is 6.10 Å². The summed E-state index contributed by atoms with van der Waals surface area (Å²) in [6.07, 6.45) is 50.9. The molecule has 0 N–H and O–H groups in total. The minimum Gasteiger partial charge on any atom is -0.756 e. The summed E-state index contributed by atoms with van der Waals surface area (Å²) in [6.45, 7) is 4.18. The van der Waals surface area contributed by atoms with E-state index in [-0.39, 0.29) is 26.1 Å². The van der Waals surface area contributed by atoms with E-state index in [0.717, 1.165) is 44.9 Å². The van der Waals surface area contributed by atoms with Crippen molar-refractivity contribution < 1.29 is 42.1 Å². The number of hydrogen-bond donors (Lipinski definition) is 0. The van der Waals surface area contributed by atoms with Crippen LogP contribution in [0.3, 0.4) is 0 Å². The van der Waals surface area contributed by atoms with E-state index in [1.165, 1.54) is 199 Å². The van der Waals surface area contributed by atoms with E-state index in [0.29, 0.717) is 17.4 Å². The van der Waals surface area contributed by atoms with Crippen LogP contribution in [0, 0.1) is 0 Å². The molecule has 0 aromatic heterocycles. The molecule has 0 amide bonds. The Kier molecular flexibility index (Phi) is 45.4. The van der Waals surface area contributed by atoms with Gasteiger partial charge in [-0.1, -0.05) is 251 Å². The van der Waals surface area contributed by atoms with E-state index >= 15 is 0 Å². The average Bonchev–Trinajstić information content (AvgIpc) is 3.24. The summed E-state index contributed by atoms with van der Waals surface area (Å²) in [5.41, 5.74) is 0. The molecule has 2 unspecified atom stereocenters. The molecular weight excluding hydrogens is 810 g/mol. The van der Waals surface area contributed by atoms with E-state index in [1.807, 2.05) is 21.1 Å². The predicted octanol–water partition coefficient (Wildman–Crippen LogP) is 15.7. The normalized spacial score (nSPS) is 13.3. The smallest absolute Gasteiger partial charge is 0.306 e. The second kappa shape index (κ2) is 46.1. The zero-order valence-electron chi connectivity index (χ0n) is 42.6. The number of phosphoric ester groups is 1. The zero-order chi connectivity index (χ0) is 46.4. The number of rotatable bonds is 51. The van der Waals surface area contributed by atoms with Crippen LogP contribution in [0.2, 0.25) is 0 Å². The molecule has 0 bridgehead atoms. The number of nitrogens with zero attached hydrogens (tertiary/aromatic N) is 1. The summed E-state index contributed by atoms with van der Waals surface area (Å²) >= 11 is 0. The Labute approximate surface area is 391 Å². The lowest BCUT2D eigenvalue weighted by atomic mass is 10.0. The number of carbonyl (C=O) groups excluding carboxylic acids is 2. The Morgan fingerprint density at radius 3 is 1.02 bits per heavy atom. The van der Waals surface area contributed by atoms with E-state index in [1.54, 1.807) is 0 Å². The lowest BCUT2D eigenvalue weighted by Gasteiger charge is -2.28. The highest BCUT2D eigenvalue weighted by Gasteiger charge is 2.21. The quantitative estimate of drug-likeness (QED) is 0.0257. The number of carbonyl (C=O) groups is 2. The molecule has 0 saturated heterocycles. The summed E-state index contributed by atoms with van der Waals surface area (Å²) in [5, 5.41) is 0. The van der Waals surface area contributed by atoms with Crippen molar-refractivity contribution in [1.82, 2.24) is 0 Å². The van der Waals surface area contributed by atoms with Gasteiger partial charge in [0.1, 0.15) is 19.8 Å². The monoisotopic (exact) mass is 916 g/mol. The van der Waals surface area contributed by atoms with Crippen LogP contribution in [0.15, 0.2) is 0 Å². The third-order valence-electron chi connectivity index (χ3n) is 12.4. The van der Waals surface area contributed by atoms with Crippen molar-refractivity contribution in [3.63, 3.8) is 0 Å². The molecule has 0 aliphatic carbocycles. The molecule has 0 rings (SSSR count). The van der Waals surface area contributed by atoms with Gasteiger partial charge in [-0.05, 0) is 12.8 Å². The summed E-state index contributed by atoms with van der Waals surface area (Å²) in [7, 11) is 1.18. The number of hydrogen-bond acceptors (Lipinski definition) is 8. The first-order chi connectivity index (χ1) is 30.5. The van der Waals surface area contributed by atoms with Gasteiger partial charge in [-0.25, -0.2) is 0 Å². The molecule has 0 spiro atoms. The topological polar surface area (TPSA) is 111 Å². The summed E-state index contributed by atoms with van der Waals surface area (Å²) in [6, 6.07) is 0. The summed E-state index contributed by atoms with van der Waals surface area (Å²) in [4.78, 5) is 37.3. The molecular formula is C53H106NO8P. The minimum atomic E-state index is -4.61. The molecule has 0 aliphatic rings. The molecule has 0 saturated carbocycles. The van der Waals surface area contributed by atoms with E-state index < -0.39 is 32.5 Å². The number of ether oxygens (including phenoxy) is 2. The third-order valence-corrected chi connectivity index (χ3v) is 13.3. The van der Waals surface area contributed by atoms with Crippen LogP contribution in [-0.2, 0) is 32.7 Å². The molecule has 0 aromatic rings. The van der Waals surface area contributed by atoms with Gasteiger partial charge in [0.05, 0.1) is 27.7 Å². The SMILES string of the molecule is CCCCCCCCCCCCCCCCCCCCCCCCCCCCCCCCCCCCC(=O)OC(COC(=O)CCCCCCC)COP(=O)([O-])OCC[N+](C)(C)C. The van der Waals surface area contributed by atoms with Crippen molar-refractivity contribution in [1.29, 1.82) is 0 Å². The van der Waals surface area contributed by atoms with Crippen molar-refractivity contribution >= 4 is 19.8 Å². The number of esters is 2. The molecule has 10 heteroatoms. The van der Waals surface area contributed by atoms with Crippen molar-refractivity contribution in [2.75, 3.05) is 47.5 Å². The van der Waals surface area contributed by atoms with Crippen molar-refractivity contribution in [2.24, 2.45) is 0 Å². The highest BCUT2D eigenvalue weighted by molar-refractivity contribution is 7.45. The lowest BCUT2D eigenvalue weighted by molar-refractivity contribution is -0.870. The molecule has 0 heterocycles. The predicted molar refractivity (Wildman–Crippen MR) is 264 cm³/mol. The van der Waals surface area contributed by atoms with Crippen molar-refractivity contribution in [3.05, 3.63) is 0 Å². The minimum absolute atomic E-state index is 0.0263. The van der Waals surface area contributed by atoms with Gasteiger partial charge in [-0.2, -0.15) is 0 Å². The zero-order valence-corrected chi connectivity index (χ0v) is 43.5. The molecule has 0 radical (unpaired) electrons. The highest BCUT2D eigenvalue weighted by atomic mass is 31.2. The van der Waals surface area contributed by atoms with Gasteiger partial charge in [0.2, 0.25) is 0 Å². The largest absolute Gasteiger partial charge is 0.756 e. The van der Waals surface area contributed by atoms with Crippen molar-refractivity contribution in [2.45, 2.75) is 283 Å². The number of unbranched alkanes of at least 4 members (excludes halogenated alkanes) is 37. The van der Waals surface area contributed by atoms with Crippen LogP contribution < -0.4 is 4.89 Å². The molecule has 0 aliphatic heterocycles. The molecule has 63 heavy (non-hydrogen) atoms. The van der Waals surface area contributed by atoms with Crippen LogP contribution >= 0.6 is 7.82 Å². The fourth-order valence-electron chi connectivity index (χ4n) is 8.13. The van der Waals surface area contributed by atoms with Gasteiger partial charge < -0.3 is 27.9 Å². The third kappa shape index (κ3) is 50.3. The van der Waals surface area contributed by atoms with Crippen LogP contribution in [0.5, 0.6) is 0 Å². The maximum Gasteiger partial charge on any atom is 0.306 e. The summed E-state index contributed by atoms with van der Waals surface area (Å²) < 4.78 is 33.8.